The minimum atomic E-state index is -1.15. The van der Waals surface area contributed by atoms with Gasteiger partial charge in [0.15, 0.2) is 22.5 Å². The van der Waals surface area contributed by atoms with Crippen LogP contribution in [0.25, 0.3) is 15.8 Å². The van der Waals surface area contributed by atoms with E-state index >= 15 is 0 Å². The number of allylic oxidation sites excluding steroid dienone is 1. The van der Waals surface area contributed by atoms with Crippen LogP contribution in [0.15, 0.2) is 41.5 Å². The molecule has 0 amide bonds. The van der Waals surface area contributed by atoms with E-state index in [-0.39, 0.29) is 33.4 Å². The van der Waals surface area contributed by atoms with Gasteiger partial charge in [-0.15, -0.1) is 10.2 Å². The number of ether oxygens (including phenoxy) is 1. The summed E-state index contributed by atoms with van der Waals surface area (Å²) in [6.07, 6.45) is 9.70. The number of carboxylic acid groups (broad SMARTS) is 1. The number of hydrogen-bond acceptors (Lipinski definition) is 13. The van der Waals surface area contributed by atoms with Crippen molar-refractivity contribution in [3.05, 3.63) is 64.7 Å². The molecule has 1 saturated heterocycles. The van der Waals surface area contributed by atoms with E-state index < -0.39 is 5.97 Å². The van der Waals surface area contributed by atoms with Crippen LogP contribution in [0, 0.1) is 29.0 Å². The highest BCUT2D eigenvalue weighted by molar-refractivity contribution is 7.22. The molecule has 1 aromatic carbocycles. The lowest BCUT2D eigenvalue weighted by Gasteiger charge is -2.69. The summed E-state index contributed by atoms with van der Waals surface area (Å²) < 4.78 is 21.8. The monoisotopic (exact) mass is 822 g/mol. The molecule has 13 nitrogen and oxygen atoms in total. The quantitative estimate of drug-likeness (QED) is 0.106. The number of benzene rings is 1. The number of aromatic nitrogens is 4. The third-order valence-corrected chi connectivity index (χ3v) is 14.5. The maximum absolute atomic E-state index is 14.4. The Hall–Kier alpha value is -4.57. The van der Waals surface area contributed by atoms with Crippen LogP contribution >= 0.6 is 11.3 Å². The second-order valence-electron chi connectivity index (χ2n) is 18.6. The van der Waals surface area contributed by atoms with Gasteiger partial charge < -0.3 is 31.1 Å². The van der Waals surface area contributed by atoms with Gasteiger partial charge in [0.25, 0.3) is 0 Å². The van der Waals surface area contributed by atoms with Gasteiger partial charge >= 0.3 is 5.97 Å². The zero-order valence-corrected chi connectivity index (χ0v) is 35.4. The smallest absolute Gasteiger partial charge is 0.355 e. The molecule has 59 heavy (non-hydrogen) atoms. The number of aromatic carboxylic acids is 1. The van der Waals surface area contributed by atoms with E-state index in [0.29, 0.717) is 62.7 Å². The zero-order valence-electron chi connectivity index (χ0n) is 34.5. The Morgan fingerprint density at radius 1 is 1.07 bits per heavy atom. The Balaban J connectivity index is 0.942. The number of carboxylic acids is 1. The van der Waals surface area contributed by atoms with Crippen LogP contribution < -0.4 is 21.3 Å². The number of nitrogens with two attached hydrogens (primary N) is 1. The lowest BCUT2D eigenvalue weighted by Crippen LogP contribution is -2.64. The van der Waals surface area contributed by atoms with E-state index in [1.54, 1.807) is 18.2 Å². The number of thiazole rings is 1. The minimum absolute atomic E-state index is 0.00845. The van der Waals surface area contributed by atoms with Crippen LogP contribution in [-0.4, -0.2) is 99.9 Å². The number of nitrogens with zero attached hydrogens (tertiary/aromatic N) is 7. The van der Waals surface area contributed by atoms with Gasteiger partial charge in [0, 0.05) is 80.0 Å². The molecule has 6 aliphatic rings. The molecule has 4 bridgehead atoms. The van der Waals surface area contributed by atoms with Crippen molar-refractivity contribution in [2.45, 2.75) is 84.7 Å². The standard InChI is InChI=1S/C44H55FN10O3S/c1-27-29-7-6-14-55(38(29)53-52-37(27)51-40-49-33-9-5-8-32(45)36(33)59-40)34-11-10-30(35(50-34)39(56)57)31(19-46)28(2)48-26-43-21-41(3)20-42(4,22-43)24-44(23-41,25-43)58-18-17-54-15-12-47-13-16-54/h5,8-11,19,47H,6-7,12-18,20-26,46H2,1-4H3,(H,56,57)(H,49,51,52)/b31-19+,48-28?. The number of carbonyl (C=O) groups is 1. The molecule has 0 spiro atoms. The van der Waals surface area contributed by atoms with Gasteiger partial charge in [0.2, 0.25) is 0 Å². The van der Waals surface area contributed by atoms with Crippen LogP contribution in [-0.2, 0) is 11.2 Å². The van der Waals surface area contributed by atoms with Crippen LogP contribution in [0.2, 0.25) is 0 Å². The average molecular weight is 823 g/mol. The summed E-state index contributed by atoms with van der Waals surface area (Å²) in [7, 11) is 0. The summed E-state index contributed by atoms with van der Waals surface area (Å²) in [6, 6.07) is 8.45. The summed E-state index contributed by atoms with van der Waals surface area (Å²) in [5, 5.41) is 26.9. The Bertz CT molecular complexity index is 2340. The van der Waals surface area contributed by atoms with Crippen LogP contribution in [0.4, 0.5) is 27.0 Å². The number of piperazine rings is 1. The van der Waals surface area contributed by atoms with Crippen molar-refractivity contribution in [3.8, 4) is 0 Å². The fraction of sp³-hybridized carbons (Fsp3) is 0.545. The second kappa shape index (κ2) is 15.2. The van der Waals surface area contributed by atoms with Crippen LogP contribution in [0.3, 0.4) is 0 Å². The third kappa shape index (κ3) is 7.59. The number of nitrogens with one attached hydrogen (secondary N) is 2. The summed E-state index contributed by atoms with van der Waals surface area (Å²) in [4.78, 5) is 31.8. The fourth-order valence-corrected chi connectivity index (χ4v) is 13.1. The number of aliphatic imine (C=N–C) groups is 1. The Morgan fingerprint density at radius 3 is 2.58 bits per heavy atom. The normalized spacial score (nSPS) is 28.3. The van der Waals surface area contributed by atoms with E-state index in [0.717, 1.165) is 95.4 Å². The van der Waals surface area contributed by atoms with E-state index in [1.807, 2.05) is 24.8 Å². The average Bonchev–Trinajstić information content (AvgIpc) is 3.61. The SMILES string of the molecule is CC(=NCC12CC3(C)CC(C)(C1)CC(OCCN1CCNCC1)(C3)C2)/C(=C\N)c1ccc(N2CCCc3c2nnc(Nc2nc4cccc(F)c4s2)c3C)nc1C(=O)O. The van der Waals surface area contributed by atoms with Crippen molar-refractivity contribution in [2.75, 3.05) is 62.6 Å². The van der Waals surface area contributed by atoms with Gasteiger partial charge in [0.05, 0.1) is 22.4 Å². The molecule has 2 unspecified atom stereocenters. The molecule has 0 radical (unpaired) electrons. The fourth-order valence-electron chi connectivity index (χ4n) is 12.2. The summed E-state index contributed by atoms with van der Waals surface area (Å²) in [5.74, 6) is 0.165. The van der Waals surface area contributed by atoms with Gasteiger partial charge in [-0.3, -0.25) is 9.89 Å². The van der Waals surface area contributed by atoms with E-state index in [4.69, 9.17) is 20.4 Å². The first-order valence-electron chi connectivity index (χ1n) is 21.0. The van der Waals surface area contributed by atoms with Gasteiger partial charge in [-0.2, -0.15) is 0 Å². The van der Waals surface area contributed by atoms with Gasteiger partial charge in [-0.1, -0.05) is 31.3 Å². The first-order valence-corrected chi connectivity index (χ1v) is 21.8. The van der Waals surface area contributed by atoms with Crippen molar-refractivity contribution in [1.29, 1.82) is 0 Å². The van der Waals surface area contributed by atoms with E-state index in [9.17, 15) is 14.3 Å². The predicted molar refractivity (Wildman–Crippen MR) is 231 cm³/mol. The molecule has 5 N–H and O–H groups in total. The molecular weight excluding hydrogens is 768 g/mol. The highest BCUT2D eigenvalue weighted by atomic mass is 32.1. The zero-order chi connectivity index (χ0) is 41.2. The van der Waals surface area contributed by atoms with E-state index in [1.165, 1.54) is 30.0 Å². The molecule has 15 heteroatoms. The predicted octanol–water partition coefficient (Wildman–Crippen LogP) is 7.26. The summed E-state index contributed by atoms with van der Waals surface area (Å²) in [6.45, 7) is 16.0. The number of rotatable bonds is 12. The highest BCUT2D eigenvalue weighted by Crippen LogP contribution is 2.71. The molecule has 2 aliphatic heterocycles. The Morgan fingerprint density at radius 2 is 1.85 bits per heavy atom. The van der Waals surface area contributed by atoms with Gasteiger partial charge in [-0.25, -0.2) is 19.2 Å². The number of fused-ring (bicyclic) bond motifs is 2. The van der Waals surface area contributed by atoms with Crippen molar-refractivity contribution in [3.63, 3.8) is 0 Å². The molecule has 312 valence electrons. The van der Waals surface area contributed by atoms with Crippen molar-refractivity contribution < 1.29 is 19.0 Å². The molecule has 4 aromatic rings. The third-order valence-electron chi connectivity index (χ3n) is 13.5. The van der Waals surface area contributed by atoms with Crippen LogP contribution in [0.5, 0.6) is 0 Å². The van der Waals surface area contributed by atoms with Crippen molar-refractivity contribution in [1.82, 2.24) is 30.4 Å². The summed E-state index contributed by atoms with van der Waals surface area (Å²) >= 11 is 1.22. The topological polar surface area (TPSA) is 167 Å². The molecule has 4 saturated carbocycles. The Kier molecular flexibility index (Phi) is 10.2. The summed E-state index contributed by atoms with van der Waals surface area (Å²) in [5.41, 5.74) is 10.6. The number of pyridine rings is 1. The molecule has 5 heterocycles. The lowest BCUT2D eigenvalue weighted by molar-refractivity contribution is -0.242. The molecule has 10 rings (SSSR count). The highest BCUT2D eigenvalue weighted by Gasteiger charge is 2.66. The maximum Gasteiger partial charge on any atom is 0.355 e. The van der Waals surface area contributed by atoms with Gasteiger partial charge in [-0.05, 0) is 106 Å². The maximum atomic E-state index is 14.4. The van der Waals surface area contributed by atoms with E-state index in [2.05, 4.69) is 44.6 Å². The minimum Gasteiger partial charge on any atom is -0.476 e. The molecular formula is C44H55FN10O3S. The lowest BCUT2D eigenvalue weighted by atomic mass is 9.39. The molecule has 3 aromatic heterocycles. The van der Waals surface area contributed by atoms with Crippen LogP contribution in [0.1, 0.15) is 92.9 Å². The first-order chi connectivity index (χ1) is 28.3. The Labute approximate surface area is 348 Å². The largest absolute Gasteiger partial charge is 0.476 e. The number of halogens is 1. The molecule has 2 atom stereocenters. The number of anilines is 4. The molecule has 5 fully saturated rings. The van der Waals surface area contributed by atoms with Gasteiger partial charge in [0.1, 0.15) is 11.6 Å². The van der Waals surface area contributed by atoms with Crippen molar-refractivity contribution >= 4 is 61.4 Å². The number of hydrogen-bond donors (Lipinski definition) is 4. The van der Waals surface area contributed by atoms with Crippen molar-refractivity contribution in [2.24, 2.45) is 27.0 Å². The second-order valence-corrected chi connectivity index (χ2v) is 19.6. The molecule has 4 aliphatic carbocycles. The first kappa shape index (κ1) is 39.9.